The first-order chi connectivity index (χ1) is 15.7. The SMILES string of the molecule is COc1ccccc1-c1cccc(-c2ccccc2OC)c1P1CCC2(CCCC2)CC1. The number of methoxy groups -OCH3 is 2. The molecule has 0 amide bonds. The smallest absolute Gasteiger partial charge is 0.126 e. The van der Waals surface area contributed by atoms with Crippen molar-refractivity contribution in [3.63, 3.8) is 0 Å². The predicted octanol–water partition coefficient (Wildman–Crippen LogP) is 7.50. The van der Waals surface area contributed by atoms with Gasteiger partial charge in [0, 0.05) is 11.1 Å². The van der Waals surface area contributed by atoms with Crippen LogP contribution in [-0.2, 0) is 0 Å². The van der Waals surface area contributed by atoms with Crippen LogP contribution in [0, 0.1) is 5.41 Å². The summed E-state index contributed by atoms with van der Waals surface area (Å²) in [6, 6.07) is 23.7. The second kappa shape index (κ2) is 9.28. The molecular formula is C29H33O2P. The Morgan fingerprint density at radius 1 is 0.594 bits per heavy atom. The molecule has 1 aliphatic heterocycles. The van der Waals surface area contributed by atoms with Gasteiger partial charge < -0.3 is 9.47 Å². The number of benzene rings is 3. The minimum absolute atomic E-state index is 0.244. The first-order valence-electron chi connectivity index (χ1n) is 11.9. The van der Waals surface area contributed by atoms with Crippen LogP contribution in [0.2, 0.25) is 0 Å². The van der Waals surface area contributed by atoms with E-state index in [0.717, 1.165) is 11.5 Å². The van der Waals surface area contributed by atoms with E-state index in [-0.39, 0.29) is 7.92 Å². The summed E-state index contributed by atoms with van der Waals surface area (Å²) in [5, 5.41) is 1.53. The zero-order chi connectivity index (χ0) is 22.0. The fourth-order valence-corrected chi connectivity index (χ4v) is 9.11. The van der Waals surface area contributed by atoms with Crippen molar-refractivity contribution in [2.75, 3.05) is 26.5 Å². The molecule has 0 unspecified atom stereocenters. The highest BCUT2D eigenvalue weighted by Gasteiger charge is 2.38. The summed E-state index contributed by atoms with van der Waals surface area (Å²) in [5.74, 6) is 1.90. The topological polar surface area (TPSA) is 18.5 Å². The third kappa shape index (κ3) is 3.95. The summed E-state index contributed by atoms with van der Waals surface area (Å²) in [5.41, 5.74) is 5.71. The van der Waals surface area contributed by atoms with Gasteiger partial charge in [-0.25, -0.2) is 0 Å². The molecule has 1 aliphatic carbocycles. The Hall–Kier alpha value is -2.31. The predicted molar refractivity (Wildman–Crippen MR) is 137 cm³/mol. The maximum atomic E-state index is 5.79. The molecule has 0 bridgehead atoms. The summed E-state index contributed by atoms with van der Waals surface area (Å²) in [7, 11) is 3.31. The fourth-order valence-electron chi connectivity index (χ4n) is 5.88. The van der Waals surface area contributed by atoms with E-state index in [9.17, 15) is 0 Å². The van der Waals surface area contributed by atoms with Crippen LogP contribution in [0.1, 0.15) is 38.5 Å². The molecule has 3 aromatic carbocycles. The average molecular weight is 445 g/mol. The number of hydrogen-bond donors (Lipinski definition) is 0. The summed E-state index contributed by atoms with van der Waals surface area (Å²) in [6.45, 7) is 0. The molecule has 0 N–H and O–H groups in total. The summed E-state index contributed by atoms with van der Waals surface area (Å²) in [6.07, 6.45) is 11.2. The molecule has 2 nitrogen and oxygen atoms in total. The van der Waals surface area contributed by atoms with E-state index in [4.69, 9.17) is 9.47 Å². The molecule has 166 valence electrons. The van der Waals surface area contributed by atoms with E-state index in [2.05, 4.69) is 66.7 Å². The minimum atomic E-state index is -0.244. The summed E-state index contributed by atoms with van der Waals surface area (Å²) < 4.78 is 11.6. The summed E-state index contributed by atoms with van der Waals surface area (Å²) in [4.78, 5) is 0. The van der Waals surface area contributed by atoms with Gasteiger partial charge in [0.15, 0.2) is 0 Å². The quantitative estimate of drug-likeness (QED) is 0.379. The highest BCUT2D eigenvalue weighted by atomic mass is 31.1. The van der Waals surface area contributed by atoms with Crippen molar-refractivity contribution in [3.8, 4) is 33.8 Å². The van der Waals surface area contributed by atoms with Crippen molar-refractivity contribution in [2.24, 2.45) is 5.41 Å². The second-order valence-electron chi connectivity index (χ2n) is 9.30. The Morgan fingerprint density at radius 3 is 1.56 bits per heavy atom. The molecule has 1 spiro atoms. The van der Waals surface area contributed by atoms with Gasteiger partial charge >= 0.3 is 0 Å². The van der Waals surface area contributed by atoms with Crippen LogP contribution in [0.15, 0.2) is 66.7 Å². The van der Waals surface area contributed by atoms with Gasteiger partial charge in [0.05, 0.1) is 14.2 Å². The van der Waals surface area contributed by atoms with Crippen molar-refractivity contribution >= 4 is 13.2 Å². The van der Waals surface area contributed by atoms with Crippen molar-refractivity contribution < 1.29 is 9.47 Å². The molecule has 3 heteroatoms. The Balaban J connectivity index is 1.65. The van der Waals surface area contributed by atoms with Gasteiger partial charge in [-0.05, 0) is 72.0 Å². The molecule has 1 saturated heterocycles. The van der Waals surface area contributed by atoms with E-state index in [1.54, 1.807) is 14.2 Å². The minimum Gasteiger partial charge on any atom is -0.496 e. The van der Waals surface area contributed by atoms with Crippen LogP contribution < -0.4 is 14.8 Å². The fraction of sp³-hybridized carbons (Fsp3) is 0.379. The first kappa shape index (κ1) is 21.5. The molecule has 1 heterocycles. The van der Waals surface area contributed by atoms with Gasteiger partial charge in [-0.3, -0.25) is 0 Å². The lowest BCUT2D eigenvalue weighted by molar-refractivity contribution is 0.269. The maximum absolute atomic E-state index is 5.79. The largest absolute Gasteiger partial charge is 0.496 e. The van der Waals surface area contributed by atoms with E-state index in [1.807, 2.05) is 0 Å². The van der Waals surface area contributed by atoms with Crippen molar-refractivity contribution in [3.05, 3.63) is 66.7 Å². The molecule has 0 atom stereocenters. The van der Waals surface area contributed by atoms with Gasteiger partial charge in [-0.15, -0.1) is 0 Å². The normalized spacial score (nSPS) is 18.1. The lowest BCUT2D eigenvalue weighted by atomic mass is 9.80. The van der Waals surface area contributed by atoms with Gasteiger partial charge in [0.25, 0.3) is 0 Å². The Kier molecular flexibility index (Phi) is 6.24. The third-order valence-electron chi connectivity index (χ3n) is 7.63. The lowest BCUT2D eigenvalue weighted by Gasteiger charge is -2.39. The van der Waals surface area contributed by atoms with Crippen molar-refractivity contribution in [1.29, 1.82) is 0 Å². The molecule has 2 aliphatic rings. The number of rotatable bonds is 5. The van der Waals surface area contributed by atoms with Crippen molar-refractivity contribution in [2.45, 2.75) is 38.5 Å². The van der Waals surface area contributed by atoms with E-state index < -0.39 is 0 Å². The second-order valence-corrected chi connectivity index (χ2v) is 11.7. The highest BCUT2D eigenvalue weighted by Crippen LogP contribution is 2.56. The monoisotopic (exact) mass is 444 g/mol. The molecule has 0 radical (unpaired) electrons. The highest BCUT2D eigenvalue weighted by molar-refractivity contribution is 7.66. The molecule has 3 aromatic rings. The van der Waals surface area contributed by atoms with E-state index >= 15 is 0 Å². The van der Waals surface area contributed by atoms with Gasteiger partial charge in [0.1, 0.15) is 11.5 Å². The van der Waals surface area contributed by atoms with Gasteiger partial charge in [-0.2, -0.15) is 0 Å². The Bertz CT molecular complexity index is 1010. The Morgan fingerprint density at radius 2 is 1.06 bits per heavy atom. The number of hydrogen-bond acceptors (Lipinski definition) is 2. The number of ether oxygens (including phenoxy) is 2. The average Bonchev–Trinajstić information content (AvgIpc) is 3.32. The van der Waals surface area contributed by atoms with Crippen LogP contribution in [-0.4, -0.2) is 26.5 Å². The molecule has 1 saturated carbocycles. The van der Waals surface area contributed by atoms with Crippen LogP contribution >= 0.6 is 7.92 Å². The maximum Gasteiger partial charge on any atom is 0.126 e. The zero-order valence-electron chi connectivity index (χ0n) is 19.3. The van der Waals surface area contributed by atoms with Crippen LogP contribution in [0.25, 0.3) is 22.3 Å². The zero-order valence-corrected chi connectivity index (χ0v) is 20.2. The van der Waals surface area contributed by atoms with Crippen LogP contribution in [0.4, 0.5) is 0 Å². The van der Waals surface area contributed by atoms with E-state index in [0.29, 0.717) is 5.41 Å². The van der Waals surface area contributed by atoms with Crippen molar-refractivity contribution in [1.82, 2.24) is 0 Å². The lowest BCUT2D eigenvalue weighted by Crippen LogP contribution is -2.27. The van der Waals surface area contributed by atoms with Gasteiger partial charge in [-0.1, -0.05) is 75.4 Å². The molecule has 0 aromatic heterocycles. The van der Waals surface area contributed by atoms with Crippen LogP contribution in [0.5, 0.6) is 11.5 Å². The molecule has 2 fully saturated rings. The third-order valence-corrected chi connectivity index (χ3v) is 10.3. The first-order valence-corrected chi connectivity index (χ1v) is 13.6. The van der Waals surface area contributed by atoms with Gasteiger partial charge in [0.2, 0.25) is 0 Å². The van der Waals surface area contributed by atoms with Crippen LogP contribution in [0.3, 0.4) is 0 Å². The Labute approximate surface area is 193 Å². The number of para-hydroxylation sites is 2. The molecule has 5 rings (SSSR count). The standard InChI is InChI=1S/C29H33O2P/c1-30-26-14-5-3-10-22(26)24-12-9-13-25(23-11-4-6-15-27(23)31-2)28(24)32-20-18-29(19-21-32)16-7-8-17-29/h3-6,9-15H,7-8,16-21H2,1-2H3. The molecule has 32 heavy (non-hydrogen) atoms. The summed E-state index contributed by atoms with van der Waals surface area (Å²) >= 11 is 0. The van der Waals surface area contributed by atoms with E-state index in [1.165, 1.54) is 78.4 Å². The molecular weight excluding hydrogens is 411 g/mol.